The molecule has 1 fully saturated rings. The van der Waals surface area contributed by atoms with Gasteiger partial charge in [0.1, 0.15) is 17.9 Å². The molecule has 1 aromatic carbocycles. The quantitative estimate of drug-likeness (QED) is 0.779. The third-order valence-electron chi connectivity index (χ3n) is 4.58. The molecule has 2 aromatic rings. The van der Waals surface area contributed by atoms with Gasteiger partial charge in [0.2, 0.25) is 5.88 Å². The minimum Gasteiger partial charge on any atom is -0.497 e. The van der Waals surface area contributed by atoms with Crippen molar-refractivity contribution in [2.24, 2.45) is 0 Å². The highest BCUT2D eigenvalue weighted by Gasteiger charge is 2.25. The second kappa shape index (κ2) is 8.87. The molecular weight excluding hydrogens is 410 g/mol. The van der Waals surface area contributed by atoms with E-state index < -0.39 is 0 Å². The standard InChI is InChI=1S/C20H20BrN3O3/c1-26-16-7-8-18(21)17(10-16)20(25)24-14-3-5-15(6-4-14)27-19-9-2-13(11-22)12-23-19/h2,7-10,12,14-15H,3-6H2,1H3,(H,24,25). The predicted molar refractivity (Wildman–Crippen MR) is 104 cm³/mol. The number of pyridine rings is 1. The SMILES string of the molecule is COc1ccc(Br)c(C(=O)NC2CCC(Oc3ccc(C#N)cn3)CC2)c1. The highest BCUT2D eigenvalue weighted by molar-refractivity contribution is 9.10. The number of amides is 1. The van der Waals surface area contributed by atoms with E-state index in [2.05, 4.69) is 26.2 Å². The normalized spacial score (nSPS) is 19.0. The first kappa shape index (κ1) is 19.2. The summed E-state index contributed by atoms with van der Waals surface area (Å²) >= 11 is 3.42. The third kappa shape index (κ3) is 4.98. The number of nitriles is 1. The lowest BCUT2D eigenvalue weighted by atomic mass is 9.92. The van der Waals surface area contributed by atoms with Crippen LogP contribution in [0.2, 0.25) is 0 Å². The maximum absolute atomic E-state index is 12.6. The van der Waals surface area contributed by atoms with Crippen LogP contribution in [0.3, 0.4) is 0 Å². The number of benzene rings is 1. The smallest absolute Gasteiger partial charge is 0.252 e. The zero-order chi connectivity index (χ0) is 19.2. The first-order valence-corrected chi connectivity index (χ1v) is 9.55. The van der Waals surface area contributed by atoms with Crippen molar-refractivity contribution in [1.29, 1.82) is 5.26 Å². The largest absolute Gasteiger partial charge is 0.497 e. The van der Waals surface area contributed by atoms with E-state index in [1.165, 1.54) is 6.20 Å². The van der Waals surface area contributed by atoms with Gasteiger partial charge in [-0.3, -0.25) is 4.79 Å². The number of rotatable bonds is 5. The lowest BCUT2D eigenvalue weighted by molar-refractivity contribution is 0.0889. The first-order valence-electron chi connectivity index (χ1n) is 8.76. The molecule has 7 heteroatoms. The number of hydrogen-bond acceptors (Lipinski definition) is 5. The molecule has 1 aliphatic carbocycles. The number of nitrogens with one attached hydrogen (secondary N) is 1. The fourth-order valence-electron chi connectivity index (χ4n) is 3.08. The van der Waals surface area contributed by atoms with Crippen LogP contribution in [0.25, 0.3) is 0 Å². The van der Waals surface area contributed by atoms with Gasteiger partial charge in [0.05, 0.1) is 18.2 Å². The van der Waals surface area contributed by atoms with E-state index in [-0.39, 0.29) is 18.1 Å². The molecule has 0 radical (unpaired) electrons. The maximum Gasteiger partial charge on any atom is 0.252 e. The Balaban J connectivity index is 1.52. The minimum absolute atomic E-state index is 0.0714. The number of methoxy groups -OCH3 is 1. The lowest BCUT2D eigenvalue weighted by Crippen LogP contribution is -2.39. The Labute approximate surface area is 166 Å². The Morgan fingerprint density at radius 2 is 2.04 bits per heavy atom. The van der Waals surface area contributed by atoms with Crippen LogP contribution in [-0.4, -0.2) is 30.1 Å². The number of halogens is 1. The molecule has 0 atom stereocenters. The number of ether oxygens (including phenoxy) is 2. The van der Waals surface area contributed by atoms with E-state index in [0.717, 1.165) is 30.2 Å². The van der Waals surface area contributed by atoms with Crippen molar-refractivity contribution in [2.45, 2.75) is 37.8 Å². The van der Waals surface area contributed by atoms with Gasteiger partial charge in [0, 0.05) is 22.8 Å². The Morgan fingerprint density at radius 1 is 1.26 bits per heavy atom. The van der Waals surface area contributed by atoms with Gasteiger partial charge in [-0.15, -0.1) is 0 Å². The van der Waals surface area contributed by atoms with Crippen LogP contribution in [-0.2, 0) is 0 Å². The van der Waals surface area contributed by atoms with E-state index >= 15 is 0 Å². The zero-order valence-corrected chi connectivity index (χ0v) is 16.5. The van der Waals surface area contributed by atoms with Gasteiger partial charge in [-0.05, 0) is 65.9 Å². The zero-order valence-electron chi connectivity index (χ0n) is 14.9. The van der Waals surface area contributed by atoms with Crippen LogP contribution in [0.4, 0.5) is 0 Å². The highest BCUT2D eigenvalue weighted by Crippen LogP contribution is 2.25. The Bertz CT molecular complexity index is 841. The van der Waals surface area contributed by atoms with E-state index in [9.17, 15) is 4.79 Å². The summed E-state index contributed by atoms with van der Waals surface area (Å²) in [5.41, 5.74) is 1.08. The van der Waals surface area contributed by atoms with Crippen molar-refractivity contribution in [1.82, 2.24) is 10.3 Å². The van der Waals surface area contributed by atoms with Crippen LogP contribution in [0.5, 0.6) is 11.6 Å². The molecular formula is C20H20BrN3O3. The third-order valence-corrected chi connectivity index (χ3v) is 5.27. The molecule has 1 aromatic heterocycles. The second-order valence-electron chi connectivity index (χ2n) is 6.41. The second-order valence-corrected chi connectivity index (χ2v) is 7.26. The summed E-state index contributed by atoms with van der Waals surface area (Å²) in [6.45, 7) is 0. The highest BCUT2D eigenvalue weighted by atomic mass is 79.9. The molecule has 6 nitrogen and oxygen atoms in total. The van der Waals surface area contributed by atoms with Gasteiger partial charge in [0.15, 0.2) is 0 Å². The molecule has 0 bridgehead atoms. The number of carbonyl (C=O) groups excluding carboxylic acids is 1. The number of carbonyl (C=O) groups is 1. The molecule has 0 aliphatic heterocycles. The van der Waals surface area contributed by atoms with Crippen LogP contribution >= 0.6 is 15.9 Å². The monoisotopic (exact) mass is 429 g/mol. The molecule has 3 rings (SSSR count). The number of aromatic nitrogens is 1. The van der Waals surface area contributed by atoms with Crippen molar-refractivity contribution in [3.63, 3.8) is 0 Å². The summed E-state index contributed by atoms with van der Waals surface area (Å²) in [5.74, 6) is 1.07. The fourth-order valence-corrected chi connectivity index (χ4v) is 3.51. The molecule has 1 N–H and O–H groups in total. The van der Waals surface area contributed by atoms with Gasteiger partial charge in [-0.2, -0.15) is 5.26 Å². The average Bonchev–Trinajstić information content (AvgIpc) is 2.70. The molecule has 1 heterocycles. The van der Waals surface area contributed by atoms with Gasteiger partial charge in [-0.25, -0.2) is 4.98 Å². The molecule has 140 valence electrons. The van der Waals surface area contributed by atoms with Gasteiger partial charge >= 0.3 is 0 Å². The summed E-state index contributed by atoms with van der Waals surface area (Å²) in [7, 11) is 1.58. The van der Waals surface area contributed by atoms with E-state index in [4.69, 9.17) is 14.7 Å². The molecule has 1 aliphatic rings. The average molecular weight is 430 g/mol. The number of hydrogen-bond donors (Lipinski definition) is 1. The molecule has 27 heavy (non-hydrogen) atoms. The molecule has 1 saturated carbocycles. The Morgan fingerprint density at radius 3 is 2.67 bits per heavy atom. The van der Waals surface area contributed by atoms with Gasteiger partial charge in [-0.1, -0.05) is 0 Å². The number of nitrogens with zero attached hydrogens (tertiary/aromatic N) is 2. The van der Waals surface area contributed by atoms with Crippen molar-refractivity contribution in [3.05, 3.63) is 52.1 Å². The summed E-state index contributed by atoms with van der Waals surface area (Å²) in [6.07, 6.45) is 4.94. The van der Waals surface area contributed by atoms with Crippen molar-refractivity contribution in [2.75, 3.05) is 7.11 Å². The maximum atomic E-state index is 12.6. The van der Waals surface area contributed by atoms with Crippen molar-refractivity contribution >= 4 is 21.8 Å². The van der Waals surface area contributed by atoms with E-state index in [1.807, 2.05) is 12.1 Å². The minimum atomic E-state index is -0.112. The fraction of sp³-hybridized carbons (Fsp3) is 0.350. The van der Waals surface area contributed by atoms with Crippen LogP contribution in [0.15, 0.2) is 41.0 Å². The van der Waals surface area contributed by atoms with Crippen LogP contribution in [0, 0.1) is 11.3 Å². The van der Waals surface area contributed by atoms with Crippen molar-refractivity contribution in [3.8, 4) is 17.7 Å². The topological polar surface area (TPSA) is 84.2 Å². The van der Waals surface area contributed by atoms with E-state index in [1.54, 1.807) is 31.4 Å². The van der Waals surface area contributed by atoms with E-state index in [0.29, 0.717) is 22.8 Å². The van der Waals surface area contributed by atoms with Gasteiger partial charge in [0.25, 0.3) is 5.91 Å². The predicted octanol–water partition coefficient (Wildman–Crippen LogP) is 3.84. The molecule has 0 spiro atoms. The van der Waals surface area contributed by atoms with Crippen molar-refractivity contribution < 1.29 is 14.3 Å². The molecule has 0 unspecified atom stereocenters. The van der Waals surface area contributed by atoms with Crippen LogP contribution in [0.1, 0.15) is 41.6 Å². The summed E-state index contributed by atoms with van der Waals surface area (Å²) in [6, 6.07) is 10.9. The Kier molecular flexibility index (Phi) is 6.30. The van der Waals surface area contributed by atoms with Crippen LogP contribution < -0.4 is 14.8 Å². The molecule has 0 saturated heterocycles. The Hall–Kier alpha value is -2.59. The lowest BCUT2D eigenvalue weighted by Gasteiger charge is -2.29. The summed E-state index contributed by atoms with van der Waals surface area (Å²) in [4.78, 5) is 16.7. The van der Waals surface area contributed by atoms with Gasteiger partial charge < -0.3 is 14.8 Å². The first-order chi connectivity index (χ1) is 13.1. The summed E-state index contributed by atoms with van der Waals surface area (Å²) < 4.78 is 11.8. The molecule has 1 amide bonds. The summed E-state index contributed by atoms with van der Waals surface area (Å²) in [5, 5.41) is 11.9.